The van der Waals surface area contributed by atoms with Gasteiger partial charge in [0.1, 0.15) is 11.1 Å². The number of para-hydroxylation sites is 1. The van der Waals surface area contributed by atoms with Gasteiger partial charge in [0.05, 0.1) is 0 Å². The molecule has 3 aromatic rings. The Morgan fingerprint density at radius 1 is 1.21 bits per heavy atom. The highest BCUT2D eigenvalue weighted by Gasteiger charge is 2.22. The molecule has 0 saturated carbocycles. The fourth-order valence-corrected chi connectivity index (χ4v) is 2.56. The Kier molecular flexibility index (Phi) is 4.42. The molecule has 1 amide bonds. The van der Waals surface area contributed by atoms with Crippen LogP contribution in [0.2, 0.25) is 0 Å². The fourth-order valence-electron chi connectivity index (χ4n) is 2.56. The molecule has 1 aromatic carbocycles. The maximum atomic E-state index is 12.7. The Morgan fingerprint density at radius 2 is 1.96 bits per heavy atom. The Bertz CT molecular complexity index is 919. The summed E-state index contributed by atoms with van der Waals surface area (Å²) in [6.45, 7) is 1.93. The number of amides is 1. The number of hydrogen-bond donors (Lipinski definition) is 0. The first kappa shape index (κ1) is 15.9. The summed E-state index contributed by atoms with van der Waals surface area (Å²) in [5, 5.41) is 0.728. The predicted octanol–water partition coefficient (Wildman–Crippen LogP) is 2.89. The molecule has 5 heteroatoms. The molecule has 1 unspecified atom stereocenters. The normalized spacial score (nSPS) is 12.1. The molecular weight excluding hydrogens is 304 g/mol. The van der Waals surface area contributed by atoms with Gasteiger partial charge in [0, 0.05) is 36.8 Å². The van der Waals surface area contributed by atoms with Gasteiger partial charge < -0.3 is 9.32 Å². The van der Waals surface area contributed by atoms with E-state index in [4.69, 9.17) is 4.42 Å². The maximum Gasteiger partial charge on any atom is 0.349 e. The van der Waals surface area contributed by atoms with E-state index >= 15 is 0 Å². The molecule has 24 heavy (non-hydrogen) atoms. The van der Waals surface area contributed by atoms with E-state index < -0.39 is 5.63 Å². The van der Waals surface area contributed by atoms with Crippen LogP contribution in [0, 0.1) is 0 Å². The number of aromatic nitrogens is 1. The van der Waals surface area contributed by atoms with Crippen molar-refractivity contribution >= 4 is 16.9 Å². The largest absolute Gasteiger partial charge is 0.422 e. The number of nitrogens with zero attached hydrogens (tertiary/aromatic N) is 2. The molecular formula is C19H18N2O3. The van der Waals surface area contributed by atoms with Crippen LogP contribution in [0.1, 0.15) is 23.0 Å². The number of rotatable bonds is 4. The van der Waals surface area contributed by atoms with Crippen molar-refractivity contribution in [2.75, 3.05) is 7.05 Å². The lowest BCUT2D eigenvalue weighted by Crippen LogP contribution is -2.38. The van der Waals surface area contributed by atoms with Gasteiger partial charge >= 0.3 is 5.63 Å². The van der Waals surface area contributed by atoms with Crippen molar-refractivity contribution in [2.24, 2.45) is 0 Å². The van der Waals surface area contributed by atoms with Crippen molar-refractivity contribution in [1.29, 1.82) is 0 Å². The maximum absolute atomic E-state index is 12.7. The molecule has 0 spiro atoms. The highest BCUT2D eigenvalue weighted by Crippen LogP contribution is 2.15. The van der Waals surface area contributed by atoms with Crippen LogP contribution in [0.25, 0.3) is 11.0 Å². The number of fused-ring (bicyclic) bond motifs is 1. The van der Waals surface area contributed by atoms with Crippen molar-refractivity contribution in [3.8, 4) is 0 Å². The van der Waals surface area contributed by atoms with Gasteiger partial charge in [-0.1, -0.05) is 24.3 Å². The van der Waals surface area contributed by atoms with Gasteiger partial charge in [0.2, 0.25) is 0 Å². The minimum absolute atomic E-state index is 0.0454. The first-order valence-corrected chi connectivity index (χ1v) is 7.76. The van der Waals surface area contributed by atoms with Gasteiger partial charge in [-0.25, -0.2) is 4.79 Å². The molecule has 0 N–H and O–H groups in total. The van der Waals surface area contributed by atoms with Crippen LogP contribution in [0.5, 0.6) is 0 Å². The zero-order valence-corrected chi connectivity index (χ0v) is 13.6. The molecule has 0 aliphatic heterocycles. The standard InChI is InChI=1S/C19H18N2O3/c1-13(11-15-8-5-6-10-20-15)21(2)18(22)16-12-14-7-3-4-9-17(14)24-19(16)23/h3-10,12-13H,11H2,1-2H3. The van der Waals surface area contributed by atoms with E-state index in [1.807, 2.05) is 37.3 Å². The molecule has 3 rings (SSSR count). The quantitative estimate of drug-likeness (QED) is 0.693. The SMILES string of the molecule is CC(Cc1ccccn1)N(C)C(=O)c1cc2ccccc2oc1=O. The summed E-state index contributed by atoms with van der Waals surface area (Å²) in [5.41, 5.74) is 0.804. The van der Waals surface area contributed by atoms with E-state index in [9.17, 15) is 9.59 Å². The Morgan fingerprint density at radius 3 is 2.71 bits per heavy atom. The molecule has 2 aromatic heterocycles. The third-order valence-electron chi connectivity index (χ3n) is 4.08. The minimum Gasteiger partial charge on any atom is -0.422 e. The number of pyridine rings is 1. The second-order valence-corrected chi connectivity index (χ2v) is 5.78. The summed E-state index contributed by atoms with van der Waals surface area (Å²) in [5.74, 6) is -0.349. The third kappa shape index (κ3) is 3.20. The summed E-state index contributed by atoms with van der Waals surface area (Å²) in [4.78, 5) is 30.6. The monoisotopic (exact) mass is 322 g/mol. The molecule has 0 bridgehead atoms. The van der Waals surface area contributed by atoms with E-state index in [1.165, 1.54) is 0 Å². The summed E-state index contributed by atoms with van der Waals surface area (Å²) in [6, 6.07) is 14.3. The van der Waals surface area contributed by atoms with Crippen molar-refractivity contribution in [2.45, 2.75) is 19.4 Å². The molecule has 0 radical (unpaired) electrons. The molecule has 0 saturated heterocycles. The van der Waals surface area contributed by atoms with Crippen LogP contribution >= 0.6 is 0 Å². The highest BCUT2D eigenvalue weighted by molar-refractivity contribution is 5.96. The zero-order chi connectivity index (χ0) is 17.1. The number of carbonyl (C=O) groups excluding carboxylic acids is 1. The summed E-state index contributed by atoms with van der Waals surface area (Å²) in [7, 11) is 1.69. The number of hydrogen-bond acceptors (Lipinski definition) is 4. The minimum atomic E-state index is -0.615. The van der Waals surface area contributed by atoms with Crippen LogP contribution < -0.4 is 5.63 Å². The molecule has 2 heterocycles. The Balaban J connectivity index is 1.85. The van der Waals surface area contributed by atoms with Gasteiger partial charge in [-0.15, -0.1) is 0 Å². The van der Waals surface area contributed by atoms with Crippen molar-refractivity contribution in [3.05, 3.63) is 76.4 Å². The summed E-state index contributed by atoms with van der Waals surface area (Å²) >= 11 is 0. The van der Waals surface area contributed by atoms with Gasteiger partial charge in [0.15, 0.2) is 0 Å². The molecule has 122 valence electrons. The molecule has 1 atom stereocenters. The second kappa shape index (κ2) is 6.66. The first-order chi connectivity index (χ1) is 11.6. The van der Waals surface area contributed by atoms with Crippen LogP contribution in [0.4, 0.5) is 0 Å². The zero-order valence-electron chi connectivity index (χ0n) is 13.6. The average Bonchev–Trinajstić information content (AvgIpc) is 2.60. The molecule has 0 aliphatic rings. The van der Waals surface area contributed by atoms with Gasteiger partial charge in [-0.3, -0.25) is 9.78 Å². The smallest absolute Gasteiger partial charge is 0.349 e. The van der Waals surface area contributed by atoms with Crippen LogP contribution in [0.3, 0.4) is 0 Å². The second-order valence-electron chi connectivity index (χ2n) is 5.78. The topological polar surface area (TPSA) is 63.4 Å². The summed E-state index contributed by atoms with van der Waals surface area (Å²) in [6.07, 6.45) is 2.34. The van der Waals surface area contributed by atoms with E-state index in [1.54, 1.807) is 36.3 Å². The highest BCUT2D eigenvalue weighted by atomic mass is 16.4. The molecule has 0 fully saturated rings. The van der Waals surface area contributed by atoms with E-state index in [0.717, 1.165) is 11.1 Å². The van der Waals surface area contributed by atoms with Crippen LogP contribution in [-0.4, -0.2) is 28.9 Å². The van der Waals surface area contributed by atoms with E-state index in [2.05, 4.69) is 4.98 Å². The van der Waals surface area contributed by atoms with Crippen LogP contribution in [-0.2, 0) is 6.42 Å². The van der Waals surface area contributed by atoms with Crippen molar-refractivity contribution in [1.82, 2.24) is 9.88 Å². The van der Waals surface area contributed by atoms with E-state index in [-0.39, 0.29) is 17.5 Å². The number of benzene rings is 1. The fraction of sp³-hybridized carbons (Fsp3) is 0.211. The van der Waals surface area contributed by atoms with Gasteiger partial charge in [-0.2, -0.15) is 0 Å². The first-order valence-electron chi connectivity index (χ1n) is 7.76. The average molecular weight is 322 g/mol. The summed E-state index contributed by atoms with van der Waals surface area (Å²) < 4.78 is 5.25. The predicted molar refractivity (Wildman–Crippen MR) is 92.0 cm³/mol. The van der Waals surface area contributed by atoms with E-state index in [0.29, 0.717) is 12.0 Å². The lowest BCUT2D eigenvalue weighted by Gasteiger charge is -2.24. The Labute approximate surface area is 139 Å². The van der Waals surface area contributed by atoms with Crippen molar-refractivity contribution < 1.29 is 9.21 Å². The molecule has 5 nitrogen and oxygen atoms in total. The lowest BCUT2D eigenvalue weighted by molar-refractivity contribution is 0.0739. The third-order valence-corrected chi connectivity index (χ3v) is 4.08. The number of carbonyl (C=O) groups is 1. The Hall–Kier alpha value is -2.95. The molecule has 0 aliphatic carbocycles. The van der Waals surface area contributed by atoms with Crippen LogP contribution in [0.15, 0.2) is 63.9 Å². The van der Waals surface area contributed by atoms with Gasteiger partial charge in [0.25, 0.3) is 5.91 Å². The lowest BCUT2D eigenvalue weighted by atomic mass is 10.1. The van der Waals surface area contributed by atoms with Crippen molar-refractivity contribution in [3.63, 3.8) is 0 Å². The number of likely N-dealkylation sites (N-methyl/N-ethyl adjacent to an activating group) is 1. The van der Waals surface area contributed by atoms with Gasteiger partial charge in [-0.05, 0) is 31.2 Å².